The molecule has 0 radical (unpaired) electrons. The average Bonchev–Trinajstić information content (AvgIpc) is 3.31. The van der Waals surface area contributed by atoms with Gasteiger partial charge in [0.1, 0.15) is 17.7 Å². The highest BCUT2D eigenvalue weighted by Gasteiger charge is 2.37. The minimum absolute atomic E-state index is 0.0317. The van der Waals surface area contributed by atoms with E-state index in [-0.39, 0.29) is 23.6 Å². The van der Waals surface area contributed by atoms with Gasteiger partial charge in [0.25, 0.3) is 0 Å². The normalized spacial score (nSPS) is 16.9. The molecular formula is C25H27N11O. The van der Waals surface area contributed by atoms with E-state index in [1.807, 2.05) is 24.3 Å². The van der Waals surface area contributed by atoms with Gasteiger partial charge in [-0.15, -0.1) is 10.2 Å². The van der Waals surface area contributed by atoms with E-state index in [0.29, 0.717) is 35.1 Å². The number of nitrogens with zero attached hydrogens (tertiary/aromatic N) is 8. The summed E-state index contributed by atoms with van der Waals surface area (Å²) in [4.78, 5) is 22.7. The van der Waals surface area contributed by atoms with Crippen LogP contribution in [-0.2, 0) is 11.2 Å². The van der Waals surface area contributed by atoms with Crippen LogP contribution in [0.2, 0.25) is 0 Å². The lowest BCUT2D eigenvalue weighted by molar-refractivity contribution is -0.117. The first-order valence-corrected chi connectivity index (χ1v) is 11.9. The number of hydrogen-bond acceptors (Lipinski definition) is 10. The SMILES string of the molecule is CC1(C)CN(c2ccc(C#N)nn2)CC[C@H]1Nc1c(CC(N)=O)cnc2cc(-c3ccc(N)nc3)nn12. The molecule has 1 aliphatic rings. The highest BCUT2D eigenvalue weighted by molar-refractivity contribution is 5.78. The van der Waals surface area contributed by atoms with E-state index >= 15 is 0 Å². The number of nitrogens with one attached hydrogen (secondary N) is 1. The second kappa shape index (κ2) is 9.34. The van der Waals surface area contributed by atoms with Crippen molar-refractivity contribution in [3.05, 3.63) is 54.0 Å². The fourth-order valence-corrected chi connectivity index (χ4v) is 4.68. The summed E-state index contributed by atoms with van der Waals surface area (Å²) < 4.78 is 1.72. The molecule has 0 unspecified atom stereocenters. The maximum absolute atomic E-state index is 11.9. The van der Waals surface area contributed by atoms with Crippen LogP contribution in [0.25, 0.3) is 16.9 Å². The van der Waals surface area contributed by atoms with Crippen LogP contribution < -0.4 is 21.7 Å². The molecule has 12 nitrogen and oxygen atoms in total. The molecule has 37 heavy (non-hydrogen) atoms. The van der Waals surface area contributed by atoms with E-state index in [0.717, 1.165) is 24.3 Å². The molecule has 0 aromatic carbocycles. The first-order valence-electron chi connectivity index (χ1n) is 11.9. The topological polar surface area (TPSA) is 177 Å². The van der Waals surface area contributed by atoms with Gasteiger partial charge in [-0.1, -0.05) is 13.8 Å². The Balaban J connectivity index is 1.46. The van der Waals surface area contributed by atoms with Gasteiger partial charge in [-0.25, -0.2) is 9.97 Å². The molecule has 5 N–H and O–H groups in total. The maximum atomic E-state index is 11.9. The van der Waals surface area contributed by atoms with Crippen molar-refractivity contribution >= 4 is 29.0 Å². The Morgan fingerprint density at radius 1 is 1.22 bits per heavy atom. The van der Waals surface area contributed by atoms with Crippen molar-refractivity contribution in [3.63, 3.8) is 0 Å². The van der Waals surface area contributed by atoms with Crippen LogP contribution in [0.5, 0.6) is 0 Å². The number of aromatic nitrogens is 6. The van der Waals surface area contributed by atoms with Gasteiger partial charge in [0.05, 0.1) is 12.1 Å². The second-order valence-electron chi connectivity index (χ2n) is 9.83. The van der Waals surface area contributed by atoms with Gasteiger partial charge in [-0.05, 0) is 30.7 Å². The van der Waals surface area contributed by atoms with Crippen LogP contribution in [0.1, 0.15) is 31.5 Å². The van der Waals surface area contributed by atoms with Crippen molar-refractivity contribution in [1.82, 2.24) is 29.8 Å². The van der Waals surface area contributed by atoms with Crippen molar-refractivity contribution in [2.75, 3.05) is 29.0 Å². The van der Waals surface area contributed by atoms with Crippen LogP contribution in [0.15, 0.2) is 42.7 Å². The summed E-state index contributed by atoms with van der Waals surface area (Å²) in [6.07, 6.45) is 4.16. The summed E-state index contributed by atoms with van der Waals surface area (Å²) in [5, 5.41) is 25.6. The number of pyridine rings is 1. The second-order valence-corrected chi connectivity index (χ2v) is 9.83. The lowest BCUT2D eigenvalue weighted by Gasteiger charge is -2.45. The van der Waals surface area contributed by atoms with E-state index < -0.39 is 5.91 Å². The fourth-order valence-electron chi connectivity index (χ4n) is 4.68. The van der Waals surface area contributed by atoms with Crippen molar-refractivity contribution in [1.29, 1.82) is 5.26 Å². The van der Waals surface area contributed by atoms with Gasteiger partial charge < -0.3 is 21.7 Å². The van der Waals surface area contributed by atoms with Crippen LogP contribution in [-0.4, -0.2) is 54.8 Å². The molecule has 1 amide bonds. The standard InChI is InChI=1S/C25H27N11O/c1-25(2)14-35(22-6-4-17(11-26)32-33-22)8-7-19(25)31-24-16(9-21(28)37)13-30-23-10-18(34-36(23)24)15-3-5-20(27)29-12-15/h3-6,10,12-13,19,31H,7-9,14H2,1-2H3,(H2,27,29)(H2,28,37)/t19-/m1/s1. The van der Waals surface area contributed by atoms with Gasteiger partial charge in [-0.2, -0.15) is 14.9 Å². The van der Waals surface area contributed by atoms with Gasteiger partial charge in [0, 0.05) is 54.1 Å². The van der Waals surface area contributed by atoms with E-state index in [9.17, 15) is 4.79 Å². The third-order valence-corrected chi connectivity index (χ3v) is 6.64. The van der Waals surface area contributed by atoms with E-state index in [1.54, 1.807) is 29.0 Å². The maximum Gasteiger partial charge on any atom is 0.222 e. The summed E-state index contributed by atoms with van der Waals surface area (Å²) in [6.45, 7) is 5.80. The number of carbonyl (C=O) groups is 1. The minimum atomic E-state index is -0.451. The number of fused-ring (bicyclic) bond motifs is 1. The number of nitrogens with two attached hydrogens (primary N) is 2. The number of primary amides is 1. The summed E-state index contributed by atoms with van der Waals surface area (Å²) in [6, 6.07) is 11.0. The number of hydrogen-bond donors (Lipinski definition) is 3. The Morgan fingerprint density at radius 3 is 2.70 bits per heavy atom. The molecule has 1 fully saturated rings. The first-order chi connectivity index (χ1) is 17.7. The zero-order valence-electron chi connectivity index (χ0n) is 20.6. The summed E-state index contributed by atoms with van der Waals surface area (Å²) >= 11 is 0. The number of rotatable bonds is 6. The zero-order chi connectivity index (χ0) is 26.2. The van der Waals surface area contributed by atoms with Gasteiger partial charge in [-0.3, -0.25) is 4.79 Å². The molecule has 1 atom stereocenters. The Bertz CT molecular complexity index is 1490. The quantitative estimate of drug-likeness (QED) is 0.356. The number of nitriles is 1. The average molecular weight is 498 g/mol. The Labute approximate surface area is 213 Å². The van der Waals surface area contributed by atoms with Crippen molar-refractivity contribution < 1.29 is 4.79 Å². The lowest BCUT2D eigenvalue weighted by atomic mass is 9.79. The highest BCUT2D eigenvalue weighted by atomic mass is 16.1. The van der Waals surface area contributed by atoms with Gasteiger partial charge >= 0.3 is 0 Å². The predicted octanol–water partition coefficient (Wildman–Crippen LogP) is 1.78. The van der Waals surface area contributed by atoms with Crippen LogP contribution >= 0.6 is 0 Å². The van der Waals surface area contributed by atoms with Crippen molar-refractivity contribution in [2.24, 2.45) is 11.1 Å². The number of piperidine rings is 1. The molecule has 188 valence electrons. The number of nitrogen functional groups attached to an aromatic ring is 1. The largest absolute Gasteiger partial charge is 0.384 e. The smallest absolute Gasteiger partial charge is 0.222 e. The number of anilines is 3. The van der Waals surface area contributed by atoms with Crippen LogP contribution in [0, 0.1) is 16.7 Å². The third kappa shape index (κ3) is 4.84. The molecule has 5 rings (SSSR count). The van der Waals surface area contributed by atoms with E-state index in [1.165, 1.54) is 0 Å². The third-order valence-electron chi connectivity index (χ3n) is 6.64. The first kappa shape index (κ1) is 23.9. The molecule has 5 heterocycles. The Hall–Kier alpha value is -4.79. The molecule has 4 aromatic rings. The lowest BCUT2D eigenvalue weighted by Crippen LogP contribution is -2.52. The van der Waals surface area contributed by atoms with Gasteiger partial charge in [0.2, 0.25) is 5.91 Å². The van der Waals surface area contributed by atoms with Gasteiger partial charge in [0.15, 0.2) is 17.2 Å². The zero-order valence-corrected chi connectivity index (χ0v) is 20.6. The predicted molar refractivity (Wildman–Crippen MR) is 138 cm³/mol. The fraction of sp³-hybridized carbons (Fsp3) is 0.320. The molecule has 4 aromatic heterocycles. The number of amides is 1. The molecule has 0 bridgehead atoms. The molecule has 0 saturated carbocycles. The van der Waals surface area contributed by atoms with E-state index in [4.69, 9.17) is 21.8 Å². The summed E-state index contributed by atoms with van der Waals surface area (Å²) in [5.74, 6) is 1.40. The van der Waals surface area contributed by atoms with Crippen molar-refractivity contribution in [2.45, 2.75) is 32.7 Å². The van der Waals surface area contributed by atoms with E-state index in [2.05, 4.69) is 44.2 Å². The molecule has 12 heteroatoms. The Kier molecular flexibility index (Phi) is 6.04. The molecular weight excluding hydrogens is 470 g/mol. The minimum Gasteiger partial charge on any atom is -0.384 e. The monoisotopic (exact) mass is 497 g/mol. The van der Waals surface area contributed by atoms with Crippen LogP contribution in [0.4, 0.5) is 17.5 Å². The molecule has 1 aliphatic heterocycles. The molecule has 1 saturated heterocycles. The Morgan fingerprint density at radius 2 is 2.05 bits per heavy atom. The summed E-state index contributed by atoms with van der Waals surface area (Å²) in [5.41, 5.74) is 14.2. The van der Waals surface area contributed by atoms with Crippen LogP contribution in [0.3, 0.4) is 0 Å². The molecule has 0 aliphatic carbocycles. The number of carbonyl (C=O) groups excluding carboxylic acids is 1. The molecule has 0 spiro atoms. The summed E-state index contributed by atoms with van der Waals surface area (Å²) in [7, 11) is 0. The highest BCUT2D eigenvalue weighted by Crippen LogP contribution is 2.34. The van der Waals surface area contributed by atoms with Crippen molar-refractivity contribution in [3.8, 4) is 17.3 Å².